The van der Waals surface area contributed by atoms with Gasteiger partial charge in [-0.3, -0.25) is 9.59 Å². The van der Waals surface area contributed by atoms with E-state index in [0.29, 0.717) is 28.5 Å². The lowest BCUT2D eigenvalue weighted by Gasteiger charge is -2.15. The molecule has 168 valence electrons. The molecule has 0 fully saturated rings. The summed E-state index contributed by atoms with van der Waals surface area (Å²) in [5.74, 6) is 0.0566. The van der Waals surface area contributed by atoms with Crippen molar-refractivity contribution in [1.82, 2.24) is 0 Å². The van der Waals surface area contributed by atoms with Crippen LogP contribution >= 0.6 is 0 Å². The highest BCUT2D eigenvalue weighted by Crippen LogP contribution is 2.35. The highest BCUT2D eigenvalue weighted by Gasteiger charge is 2.40. The molecule has 0 spiro atoms. The minimum absolute atomic E-state index is 0.0739. The second kappa shape index (κ2) is 9.04. The number of ether oxygens (including phenoxy) is 3. The molecule has 0 aromatic heterocycles. The van der Waals surface area contributed by atoms with Crippen molar-refractivity contribution < 1.29 is 28.2 Å². The molecule has 1 aliphatic rings. The van der Waals surface area contributed by atoms with E-state index in [9.17, 15) is 14.0 Å². The average molecular weight is 448 g/mol. The van der Waals surface area contributed by atoms with Crippen LogP contribution in [0.5, 0.6) is 17.2 Å². The maximum absolute atomic E-state index is 13.4. The SMILES string of the molecule is COc1ccc(C2=C(Nc3cc(OC)cc(OC)c3)C(=O)N(c3ccc(F)cc3)C2=O)cc1. The maximum Gasteiger partial charge on any atom is 0.282 e. The summed E-state index contributed by atoms with van der Waals surface area (Å²) in [7, 11) is 4.57. The van der Waals surface area contributed by atoms with Gasteiger partial charge in [0.05, 0.1) is 32.6 Å². The van der Waals surface area contributed by atoms with Gasteiger partial charge in [-0.05, 0) is 42.0 Å². The number of imide groups is 1. The van der Waals surface area contributed by atoms with Crippen LogP contribution in [0, 0.1) is 5.82 Å². The van der Waals surface area contributed by atoms with Crippen molar-refractivity contribution in [2.45, 2.75) is 0 Å². The molecule has 0 saturated heterocycles. The number of methoxy groups -OCH3 is 3. The molecular weight excluding hydrogens is 427 g/mol. The number of rotatable bonds is 7. The van der Waals surface area contributed by atoms with Crippen molar-refractivity contribution in [2.24, 2.45) is 0 Å². The number of hydrogen-bond donors (Lipinski definition) is 1. The van der Waals surface area contributed by atoms with Crippen molar-refractivity contribution in [3.05, 3.63) is 83.8 Å². The van der Waals surface area contributed by atoms with E-state index in [1.165, 1.54) is 45.6 Å². The van der Waals surface area contributed by atoms with Crippen LogP contribution in [0.2, 0.25) is 0 Å². The molecule has 7 nitrogen and oxygen atoms in total. The first kappa shape index (κ1) is 21.9. The molecule has 0 saturated carbocycles. The smallest absolute Gasteiger partial charge is 0.282 e. The fourth-order valence-electron chi connectivity index (χ4n) is 3.52. The van der Waals surface area contributed by atoms with Gasteiger partial charge in [0, 0.05) is 23.9 Å². The Kier molecular flexibility index (Phi) is 5.99. The fourth-order valence-corrected chi connectivity index (χ4v) is 3.52. The van der Waals surface area contributed by atoms with Crippen LogP contribution in [-0.4, -0.2) is 33.1 Å². The lowest BCUT2D eigenvalue weighted by atomic mass is 10.0. The van der Waals surface area contributed by atoms with Crippen molar-refractivity contribution in [3.8, 4) is 17.2 Å². The van der Waals surface area contributed by atoms with Gasteiger partial charge in [0.15, 0.2) is 0 Å². The van der Waals surface area contributed by atoms with Gasteiger partial charge in [-0.2, -0.15) is 0 Å². The van der Waals surface area contributed by atoms with Gasteiger partial charge < -0.3 is 19.5 Å². The van der Waals surface area contributed by atoms with Gasteiger partial charge in [0.2, 0.25) is 0 Å². The first-order chi connectivity index (χ1) is 15.9. The summed E-state index contributed by atoms with van der Waals surface area (Å²) < 4.78 is 29.2. The summed E-state index contributed by atoms with van der Waals surface area (Å²) in [5.41, 5.74) is 1.53. The van der Waals surface area contributed by atoms with Crippen LogP contribution in [0.25, 0.3) is 5.57 Å². The molecule has 3 aromatic carbocycles. The molecule has 0 aliphatic carbocycles. The number of hydrogen-bond acceptors (Lipinski definition) is 6. The molecule has 4 rings (SSSR count). The predicted octanol–water partition coefficient (Wildman–Crippen LogP) is 4.25. The topological polar surface area (TPSA) is 77.1 Å². The molecule has 0 unspecified atom stereocenters. The van der Waals surface area contributed by atoms with Crippen molar-refractivity contribution >= 4 is 28.8 Å². The molecule has 3 aromatic rings. The lowest BCUT2D eigenvalue weighted by Crippen LogP contribution is -2.32. The van der Waals surface area contributed by atoms with Crippen molar-refractivity contribution in [3.63, 3.8) is 0 Å². The zero-order chi connectivity index (χ0) is 23.5. The number of nitrogens with zero attached hydrogens (tertiary/aromatic N) is 1. The fraction of sp³-hybridized carbons (Fsp3) is 0.120. The van der Waals surface area contributed by atoms with E-state index < -0.39 is 17.6 Å². The second-order valence-electron chi connectivity index (χ2n) is 7.13. The average Bonchev–Trinajstić information content (AvgIpc) is 3.08. The van der Waals surface area contributed by atoms with Gasteiger partial charge in [0.25, 0.3) is 11.8 Å². The minimum atomic E-state index is -0.570. The summed E-state index contributed by atoms with van der Waals surface area (Å²) in [6, 6.07) is 17.0. The molecule has 1 N–H and O–H groups in total. The van der Waals surface area contributed by atoms with Gasteiger partial charge in [0.1, 0.15) is 28.8 Å². The molecule has 1 aliphatic heterocycles. The first-order valence-electron chi connectivity index (χ1n) is 9.98. The summed E-state index contributed by atoms with van der Waals surface area (Å²) >= 11 is 0. The largest absolute Gasteiger partial charge is 0.497 e. The van der Waals surface area contributed by atoms with E-state index >= 15 is 0 Å². The molecule has 2 amide bonds. The Labute approximate surface area is 190 Å². The number of nitrogens with one attached hydrogen (secondary N) is 1. The molecule has 8 heteroatoms. The first-order valence-corrected chi connectivity index (χ1v) is 9.98. The van der Waals surface area contributed by atoms with Gasteiger partial charge in [-0.25, -0.2) is 9.29 Å². The zero-order valence-electron chi connectivity index (χ0n) is 18.2. The third kappa shape index (κ3) is 4.23. The highest BCUT2D eigenvalue weighted by atomic mass is 19.1. The molecule has 0 radical (unpaired) electrons. The monoisotopic (exact) mass is 448 g/mol. The van der Waals surface area contributed by atoms with Crippen LogP contribution in [0.15, 0.2) is 72.4 Å². The molecule has 33 heavy (non-hydrogen) atoms. The van der Waals surface area contributed by atoms with Crippen molar-refractivity contribution in [1.29, 1.82) is 0 Å². The van der Waals surface area contributed by atoms with Crippen LogP contribution in [0.1, 0.15) is 5.56 Å². The van der Waals surface area contributed by atoms with Crippen LogP contribution in [0.3, 0.4) is 0 Å². The Balaban J connectivity index is 1.82. The summed E-state index contributed by atoms with van der Waals surface area (Å²) in [4.78, 5) is 27.9. The Hall–Kier alpha value is -4.33. The number of carbonyl (C=O) groups is 2. The van der Waals surface area contributed by atoms with Crippen LogP contribution in [0.4, 0.5) is 15.8 Å². The van der Waals surface area contributed by atoms with E-state index in [4.69, 9.17) is 14.2 Å². The third-order valence-corrected chi connectivity index (χ3v) is 5.17. The molecular formula is C25H21FN2O5. The number of carbonyl (C=O) groups excluding carboxylic acids is 2. The third-order valence-electron chi connectivity index (χ3n) is 5.17. The van der Waals surface area contributed by atoms with E-state index in [1.54, 1.807) is 42.5 Å². The van der Waals surface area contributed by atoms with E-state index in [2.05, 4.69) is 5.32 Å². The van der Waals surface area contributed by atoms with Gasteiger partial charge in [-0.15, -0.1) is 0 Å². The molecule has 1 heterocycles. The maximum atomic E-state index is 13.4. The summed E-state index contributed by atoms with van der Waals surface area (Å²) in [6.45, 7) is 0. The Morgan fingerprint density at radius 2 is 1.30 bits per heavy atom. The normalized spacial score (nSPS) is 13.4. The second-order valence-corrected chi connectivity index (χ2v) is 7.13. The predicted molar refractivity (Wildman–Crippen MR) is 122 cm³/mol. The Bertz CT molecular complexity index is 1210. The Morgan fingerprint density at radius 3 is 1.85 bits per heavy atom. The minimum Gasteiger partial charge on any atom is -0.497 e. The molecule has 0 atom stereocenters. The number of amides is 2. The standard InChI is InChI=1S/C25H21FN2O5/c1-31-19-10-4-15(5-11-19)22-23(27-17-12-20(32-2)14-21(13-17)33-3)25(30)28(24(22)29)18-8-6-16(26)7-9-18/h4-14,27H,1-3H3. The number of halogens is 1. The van der Waals surface area contributed by atoms with E-state index in [0.717, 1.165) is 4.90 Å². The van der Waals surface area contributed by atoms with Gasteiger partial charge in [-0.1, -0.05) is 12.1 Å². The Morgan fingerprint density at radius 1 is 0.727 bits per heavy atom. The zero-order valence-corrected chi connectivity index (χ0v) is 18.2. The van der Waals surface area contributed by atoms with E-state index in [-0.39, 0.29) is 17.0 Å². The number of benzene rings is 3. The lowest BCUT2D eigenvalue weighted by molar-refractivity contribution is -0.120. The van der Waals surface area contributed by atoms with Crippen LogP contribution < -0.4 is 24.4 Å². The van der Waals surface area contributed by atoms with Crippen molar-refractivity contribution in [2.75, 3.05) is 31.5 Å². The van der Waals surface area contributed by atoms with Gasteiger partial charge >= 0.3 is 0 Å². The quantitative estimate of drug-likeness (QED) is 0.545. The number of anilines is 2. The summed E-state index contributed by atoms with van der Waals surface area (Å²) in [6.07, 6.45) is 0. The van der Waals surface area contributed by atoms with Crippen LogP contribution in [-0.2, 0) is 9.59 Å². The molecule has 0 bridgehead atoms. The summed E-state index contributed by atoms with van der Waals surface area (Å²) in [5, 5.41) is 3.06. The highest BCUT2D eigenvalue weighted by molar-refractivity contribution is 6.46. The van der Waals surface area contributed by atoms with E-state index in [1.807, 2.05) is 0 Å².